The number of carbonyl (C=O) groups is 1. The zero-order valence-electron chi connectivity index (χ0n) is 14.2. The normalized spacial score (nSPS) is 10.6. The number of aromatic nitrogens is 3. The summed E-state index contributed by atoms with van der Waals surface area (Å²) in [4.78, 5) is 12.2. The smallest absolute Gasteiger partial charge is 0.234 e. The number of hydrogen-bond donors (Lipinski definition) is 1. The summed E-state index contributed by atoms with van der Waals surface area (Å²) in [5.74, 6) is 0.0225. The van der Waals surface area contributed by atoms with Crippen molar-refractivity contribution < 1.29 is 9.18 Å². The van der Waals surface area contributed by atoms with Gasteiger partial charge in [0.05, 0.1) is 11.3 Å². The van der Waals surface area contributed by atoms with Gasteiger partial charge in [-0.1, -0.05) is 45.9 Å². The molecule has 27 heavy (non-hydrogen) atoms. The Morgan fingerprint density at radius 3 is 2.67 bits per heavy atom. The van der Waals surface area contributed by atoms with E-state index in [1.807, 2.05) is 24.3 Å². The van der Waals surface area contributed by atoms with Crippen molar-refractivity contribution in [1.82, 2.24) is 14.8 Å². The minimum absolute atomic E-state index is 0.155. The van der Waals surface area contributed by atoms with E-state index in [9.17, 15) is 9.18 Å². The highest BCUT2D eigenvalue weighted by Crippen LogP contribution is 2.26. The van der Waals surface area contributed by atoms with Crippen LogP contribution >= 0.6 is 27.7 Å². The van der Waals surface area contributed by atoms with Gasteiger partial charge in [0, 0.05) is 16.7 Å². The van der Waals surface area contributed by atoms with Gasteiger partial charge in [-0.15, -0.1) is 16.8 Å². The SMILES string of the molecule is C=CCn1c(SCC(=O)Nc2ccc(Br)cc2)nnc1-c1ccccc1F. The number of nitrogens with one attached hydrogen (secondary N) is 1. The number of halogens is 2. The molecule has 0 radical (unpaired) electrons. The van der Waals surface area contributed by atoms with E-state index in [-0.39, 0.29) is 17.5 Å². The molecule has 1 amide bonds. The summed E-state index contributed by atoms with van der Waals surface area (Å²) >= 11 is 4.59. The summed E-state index contributed by atoms with van der Waals surface area (Å²) in [6.07, 6.45) is 1.68. The summed E-state index contributed by atoms with van der Waals surface area (Å²) < 4.78 is 16.8. The van der Waals surface area contributed by atoms with E-state index in [1.165, 1.54) is 17.8 Å². The Bertz CT molecular complexity index is 959. The molecule has 0 unspecified atom stereocenters. The topological polar surface area (TPSA) is 59.8 Å². The number of anilines is 1. The molecule has 0 atom stereocenters. The third kappa shape index (κ3) is 4.84. The predicted octanol–water partition coefficient (Wildman–Crippen LogP) is 4.76. The van der Waals surface area contributed by atoms with E-state index < -0.39 is 0 Å². The van der Waals surface area contributed by atoms with Crippen molar-refractivity contribution in [2.75, 3.05) is 11.1 Å². The Morgan fingerprint density at radius 1 is 1.22 bits per heavy atom. The first-order valence-electron chi connectivity index (χ1n) is 8.05. The average Bonchev–Trinajstić information content (AvgIpc) is 3.05. The van der Waals surface area contributed by atoms with Gasteiger partial charge < -0.3 is 5.32 Å². The van der Waals surface area contributed by atoms with Crippen LogP contribution in [0.4, 0.5) is 10.1 Å². The molecule has 0 aliphatic rings. The van der Waals surface area contributed by atoms with Crippen LogP contribution in [0.3, 0.4) is 0 Å². The molecule has 5 nitrogen and oxygen atoms in total. The first kappa shape index (κ1) is 19.3. The largest absolute Gasteiger partial charge is 0.325 e. The molecule has 1 N–H and O–H groups in total. The zero-order valence-corrected chi connectivity index (χ0v) is 16.6. The molecular weight excluding hydrogens is 431 g/mol. The molecule has 0 aliphatic heterocycles. The van der Waals surface area contributed by atoms with Crippen molar-refractivity contribution in [2.45, 2.75) is 11.7 Å². The number of amides is 1. The first-order chi connectivity index (χ1) is 13.1. The highest BCUT2D eigenvalue weighted by molar-refractivity contribution is 9.10. The van der Waals surface area contributed by atoms with Crippen molar-refractivity contribution >= 4 is 39.3 Å². The molecule has 3 aromatic rings. The van der Waals surface area contributed by atoms with E-state index in [1.54, 1.807) is 28.8 Å². The molecule has 8 heteroatoms. The molecule has 0 saturated heterocycles. The fraction of sp³-hybridized carbons (Fsp3) is 0.105. The third-order valence-electron chi connectivity index (χ3n) is 3.60. The van der Waals surface area contributed by atoms with Crippen LogP contribution in [0.2, 0.25) is 0 Å². The Morgan fingerprint density at radius 2 is 1.96 bits per heavy atom. The maximum atomic E-state index is 14.1. The number of thioether (sulfide) groups is 1. The summed E-state index contributed by atoms with van der Waals surface area (Å²) in [5.41, 5.74) is 1.07. The molecule has 2 aromatic carbocycles. The maximum absolute atomic E-state index is 14.1. The first-order valence-corrected chi connectivity index (χ1v) is 9.83. The Labute approximate surface area is 168 Å². The van der Waals surface area contributed by atoms with Crippen molar-refractivity contribution in [3.05, 3.63) is 71.5 Å². The molecule has 0 aliphatic carbocycles. The second-order valence-electron chi connectivity index (χ2n) is 5.53. The number of benzene rings is 2. The van der Waals surface area contributed by atoms with Gasteiger partial charge in [-0.25, -0.2) is 4.39 Å². The van der Waals surface area contributed by atoms with Crippen LogP contribution < -0.4 is 5.32 Å². The second-order valence-corrected chi connectivity index (χ2v) is 7.39. The van der Waals surface area contributed by atoms with Gasteiger partial charge in [-0.3, -0.25) is 9.36 Å². The van der Waals surface area contributed by atoms with Crippen molar-refractivity contribution in [1.29, 1.82) is 0 Å². The Balaban J connectivity index is 1.73. The second kappa shape index (κ2) is 8.96. The summed E-state index contributed by atoms with van der Waals surface area (Å²) in [6, 6.07) is 13.7. The standard InChI is InChI=1S/C19H16BrFN4OS/c1-2-11-25-18(15-5-3-4-6-16(15)21)23-24-19(25)27-12-17(26)22-14-9-7-13(20)8-10-14/h2-10H,1,11-12H2,(H,22,26). The van der Waals surface area contributed by atoms with Crippen LogP contribution in [0, 0.1) is 5.82 Å². The van der Waals surface area contributed by atoms with E-state index in [0.29, 0.717) is 28.8 Å². The van der Waals surface area contributed by atoms with E-state index >= 15 is 0 Å². The molecule has 1 heterocycles. The van der Waals surface area contributed by atoms with Gasteiger partial charge in [0.1, 0.15) is 5.82 Å². The van der Waals surface area contributed by atoms with Gasteiger partial charge in [0.25, 0.3) is 0 Å². The highest BCUT2D eigenvalue weighted by Gasteiger charge is 2.17. The summed E-state index contributed by atoms with van der Waals surface area (Å²) in [6.45, 7) is 4.14. The van der Waals surface area contributed by atoms with E-state index in [0.717, 1.165) is 4.47 Å². The van der Waals surface area contributed by atoms with Crippen LogP contribution in [0.15, 0.2) is 70.8 Å². The van der Waals surface area contributed by atoms with Crippen LogP contribution in [0.25, 0.3) is 11.4 Å². The van der Waals surface area contributed by atoms with Crippen LogP contribution in [0.5, 0.6) is 0 Å². The fourth-order valence-corrected chi connectivity index (χ4v) is 3.40. The van der Waals surface area contributed by atoms with Gasteiger partial charge in [-0.2, -0.15) is 0 Å². The number of nitrogens with zero attached hydrogens (tertiary/aromatic N) is 3. The van der Waals surface area contributed by atoms with Gasteiger partial charge in [-0.05, 0) is 36.4 Å². The molecule has 3 rings (SSSR count). The summed E-state index contributed by atoms with van der Waals surface area (Å²) in [7, 11) is 0. The Kier molecular flexibility index (Phi) is 6.41. The number of rotatable bonds is 7. The highest BCUT2D eigenvalue weighted by atomic mass is 79.9. The molecule has 138 valence electrons. The Hall–Kier alpha value is -2.45. The minimum atomic E-state index is -0.375. The van der Waals surface area contributed by atoms with Crippen molar-refractivity contribution in [2.24, 2.45) is 0 Å². The number of carbonyl (C=O) groups excluding carboxylic acids is 1. The average molecular weight is 447 g/mol. The maximum Gasteiger partial charge on any atom is 0.234 e. The fourth-order valence-electron chi connectivity index (χ4n) is 2.39. The van der Waals surface area contributed by atoms with E-state index in [2.05, 4.69) is 38.0 Å². The van der Waals surface area contributed by atoms with Gasteiger partial charge in [0.15, 0.2) is 11.0 Å². The number of allylic oxidation sites excluding steroid dienone is 1. The van der Waals surface area contributed by atoms with Gasteiger partial charge in [0.2, 0.25) is 5.91 Å². The summed E-state index contributed by atoms with van der Waals surface area (Å²) in [5, 5.41) is 11.6. The molecule has 0 bridgehead atoms. The molecular formula is C19H16BrFN4OS. The lowest BCUT2D eigenvalue weighted by molar-refractivity contribution is -0.113. The molecule has 0 saturated carbocycles. The lowest BCUT2D eigenvalue weighted by Crippen LogP contribution is -2.14. The molecule has 0 spiro atoms. The monoisotopic (exact) mass is 446 g/mol. The van der Waals surface area contributed by atoms with Crippen LogP contribution in [-0.2, 0) is 11.3 Å². The lowest BCUT2D eigenvalue weighted by Gasteiger charge is -2.09. The zero-order chi connectivity index (χ0) is 19.2. The quantitative estimate of drug-likeness (QED) is 0.419. The van der Waals surface area contributed by atoms with Crippen LogP contribution in [0.1, 0.15) is 0 Å². The van der Waals surface area contributed by atoms with Crippen molar-refractivity contribution in [3.8, 4) is 11.4 Å². The molecule has 0 fully saturated rings. The van der Waals surface area contributed by atoms with Crippen LogP contribution in [-0.4, -0.2) is 26.4 Å². The third-order valence-corrected chi connectivity index (χ3v) is 5.10. The predicted molar refractivity (Wildman–Crippen MR) is 109 cm³/mol. The van der Waals surface area contributed by atoms with Gasteiger partial charge >= 0.3 is 0 Å². The minimum Gasteiger partial charge on any atom is -0.325 e. The van der Waals surface area contributed by atoms with E-state index in [4.69, 9.17) is 0 Å². The molecule has 1 aromatic heterocycles. The lowest BCUT2D eigenvalue weighted by atomic mass is 10.2. The number of hydrogen-bond acceptors (Lipinski definition) is 4. The van der Waals surface area contributed by atoms with Crippen molar-refractivity contribution in [3.63, 3.8) is 0 Å².